The van der Waals surface area contributed by atoms with E-state index in [1.54, 1.807) is 29.2 Å². The van der Waals surface area contributed by atoms with Gasteiger partial charge in [-0.1, -0.05) is 0 Å². The SMILES string of the molecule is CC(C)(C)NC(=O)OCC1CCC(n2cc3cc(C(=O)Nc4cnn5cccnc45)c(OC4CC4)cc3n2)CC1. The lowest BCUT2D eigenvalue weighted by Crippen LogP contribution is -2.41. The molecular formula is C29H35N7O4. The first-order chi connectivity index (χ1) is 19.2. The van der Waals surface area contributed by atoms with Crippen LogP contribution in [-0.2, 0) is 4.74 Å². The summed E-state index contributed by atoms with van der Waals surface area (Å²) in [4.78, 5) is 29.8. The lowest BCUT2D eigenvalue weighted by atomic mass is 9.86. The van der Waals surface area contributed by atoms with Crippen LogP contribution in [0.25, 0.3) is 16.6 Å². The van der Waals surface area contributed by atoms with Crippen LogP contribution in [0.3, 0.4) is 0 Å². The smallest absolute Gasteiger partial charge is 0.407 e. The zero-order valence-electron chi connectivity index (χ0n) is 23.1. The number of amides is 2. The highest BCUT2D eigenvalue weighted by molar-refractivity contribution is 6.09. The minimum absolute atomic E-state index is 0.132. The summed E-state index contributed by atoms with van der Waals surface area (Å²) >= 11 is 0. The lowest BCUT2D eigenvalue weighted by Gasteiger charge is -2.29. The molecule has 0 unspecified atom stereocenters. The number of nitrogens with zero attached hydrogens (tertiary/aromatic N) is 5. The molecule has 210 valence electrons. The van der Waals surface area contributed by atoms with Gasteiger partial charge in [-0.2, -0.15) is 10.2 Å². The standard InChI is InChI=1S/C29H35N7O4/c1-29(2,3)33-28(38)39-17-18-5-7-20(8-6-18)36-16-19-13-22(25(14-23(19)34-36)40-21-9-10-21)27(37)32-24-15-31-35-12-4-11-30-26(24)35/h4,11-16,18,20-21H,5-10,17H2,1-3H3,(H,32,37)(H,33,38). The molecule has 2 aliphatic carbocycles. The lowest BCUT2D eigenvalue weighted by molar-refractivity contribution is 0.101. The van der Waals surface area contributed by atoms with Gasteiger partial charge in [-0.05, 0) is 77.3 Å². The van der Waals surface area contributed by atoms with E-state index in [9.17, 15) is 9.59 Å². The third-order valence-corrected chi connectivity index (χ3v) is 7.33. The number of nitrogens with one attached hydrogen (secondary N) is 2. The highest BCUT2D eigenvalue weighted by Crippen LogP contribution is 2.36. The van der Waals surface area contributed by atoms with Crippen LogP contribution in [0.5, 0.6) is 5.75 Å². The Morgan fingerprint density at radius 1 is 1.10 bits per heavy atom. The van der Waals surface area contributed by atoms with E-state index in [2.05, 4.69) is 20.7 Å². The minimum atomic E-state index is -0.366. The fourth-order valence-electron chi connectivity index (χ4n) is 5.12. The largest absolute Gasteiger partial charge is 0.490 e. The molecule has 4 aromatic rings. The number of ether oxygens (including phenoxy) is 2. The first kappa shape index (κ1) is 26.1. The summed E-state index contributed by atoms with van der Waals surface area (Å²) < 4.78 is 15.2. The van der Waals surface area contributed by atoms with Crippen molar-refractivity contribution in [2.75, 3.05) is 11.9 Å². The van der Waals surface area contributed by atoms with Crippen LogP contribution in [0, 0.1) is 5.92 Å². The molecule has 2 fully saturated rings. The number of carbonyl (C=O) groups is 2. The van der Waals surface area contributed by atoms with Gasteiger partial charge in [-0.15, -0.1) is 0 Å². The number of fused-ring (bicyclic) bond motifs is 2. The molecule has 3 aromatic heterocycles. The molecule has 11 nitrogen and oxygen atoms in total. The summed E-state index contributed by atoms with van der Waals surface area (Å²) in [5.74, 6) is 0.605. The third-order valence-electron chi connectivity index (χ3n) is 7.33. The van der Waals surface area contributed by atoms with Crippen molar-refractivity contribution in [3.05, 3.63) is 48.5 Å². The van der Waals surface area contributed by atoms with Gasteiger partial charge in [-0.3, -0.25) is 9.48 Å². The van der Waals surface area contributed by atoms with Crippen LogP contribution in [0.4, 0.5) is 10.5 Å². The van der Waals surface area contributed by atoms with Crippen LogP contribution in [-0.4, -0.2) is 54.6 Å². The van der Waals surface area contributed by atoms with Crippen molar-refractivity contribution in [3.8, 4) is 5.75 Å². The summed E-state index contributed by atoms with van der Waals surface area (Å²) in [6, 6.07) is 5.77. The molecule has 0 bridgehead atoms. The quantitative estimate of drug-likeness (QED) is 0.330. The maximum atomic E-state index is 13.4. The molecule has 0 aliphatic heterocycles. The molecule has 3 heterocycles. The number of rotatable bonds is 7. The second-order valence-corrected chi connectivity index (χ2v) is 11.9. The minimum Gasteiger partial charge on any atom is -0.490 e. The Morgan fingerprint density at radius 2 is 1.90 bits per heavy atom. The topological polar surface area (TPSA) is 125 Å². The molecule has 0 spiro atoms. The van der Waals surface area contributed by atoms with Crippen molar-refractivity contribution < 1.29 is 19.1 Å². The Bertz CT molecular complexity index is 1540. The van der Waals surface area contributed by atoms with E-state index in [0.717, 1.165) is 49.4 Å². The number of hydrogen-bond acceptors (Lipinski definition) is 7. The van der Waals surface area contributed by atoms with Crippen molar-refractivity contribution in [1.82, 2.24) is 29.7 Å². The first-order valence-corrected chi connectivity index (χ1v) is 14.0. The molecule has 40 heavy (non-hydrogen) atoms. The van der Waals surface area contributed by atoms with Gasteiger partial charge in [0.05, 0.1) is 36.0 Å². The van der Waals surface area contributed by atoms with E-state index in [1.165, 1.54) is 0 Å². The Hall–Kier alpha value is -4.15. The van der Waals surface area contributed by atoms with Crippen LogP contribution in [0.1, 0.15) is 75.7 Å². The maximum absolute atomic E-state index is 13.4. The molecule has 6 rings (SSSR count). The summed E-state index contributed by atoms with van der Waals surface area (Å²) in [5, 5.41) is 15.8. The van der Waals surface area contributed by atoms with E-state index in [1.807, 2.05) is 43.8 Å². The van der Waals surface area contributed by atoms with Gasteiger partial charge in [0.2, 0.25) is 0 Å². The Labute approximate surface area is 232 Å². The van der Waals surface area contributed by atoms with Crippen molar-refractivity contribution in [2.45, 2.75) is 77.0 Å². The molecule has 0 saturated heterocycles. The fourth-order valence-corrected chi connectivity index (χ4v) is 5.12. The summed E-state index contributed by atoms with van der Waals surface area (Å²) in [6.07, 6.45) is 12.6. The number of alkyl carbamates (subject to hydrolysis) is 1. The van der Waals surface area contributed by atoms with E-state index in [0.29, 0.717) is 35.2 Å². The van der Waals surface area contributed by atoms with E-state index < -0.39 is 0 Å². The molecule has 11 heteroatoms. The average Bonchev–Trinajstić information content (AvgIpc) is 3.49. The predicted molar refractivity (Wildman–Crippen MR) is 150 cm³/mol. The highest BCUT2D eigenvalue weighted by Gasteiger charge is 2.28. The second kappa shape index (κ2) is 10.4. The molecule has 0 radical (unpaired) electrons. The molecule has 2 N–H and O–H groups in total. The van der Waals surface area contributed by atoms with Gasteiger partial charge in [0.15, 0.2) is 5.65 Å². The van der Waals surface area contributed by atoms with Gasteiger partial charge >= 0.3 is 6.09 Å². The van der Waals surface area contributed by atoms with Gasteiger partial charge in [0.1, 0.15) is 11.4 Å². The molecule has 2 aliphatic rings. The van der Waals surface area contributed by atoms with Crippen molar-refractivity contribution >= 4 is 34.2 Å². The van der Waals surface area contributed by atoms with Crippen LogP contribution in [0.2, 0.25) is 0 Å². The molecule has 0 atom stereocenters. The first-order valence-electron chi connectivity index (χ1n) is 14.0. The van der Waals surface area contributed by atoms with E-state index in [-0.39, 0.29) is 29.7 Å². The average molecular weight is 546 g/mol. The van der Waals surface area contributed by atoms with Crippen molar-refractivity contribution in [2.24, 2.45) is 5.92 Å². The number of aromatic nitrogens is 5. The van der Waals surface area contributed by atoms with Crippen LogP contribution < -0.4 is 15.4 Å². The van der Waals surface area contributed by atoms with Crippen LogP contribution in [0.15, 0.2) is 43.0 Å². The number of benzene rings is 1. The van der Waals surface area contributed by atoms with Gasteiger partial charge in [0.25, 0.3) is 5.91 Å². The van der Waals surface area contributed by atoms with Crippen LogP contribution >= 0.6 is 0 Å². The highest BCUT2D eigenvalue weighted by atomic mass is 16.5. The normalized spacial score (nSPS) is 19.5. The predicted octanol–water partition coefficient (Wildman–Crippen LogP) is 5.13. The Balaban J connectivity index is 1.15. The monoisotopic (exact) mass is 545 g/mol. The van der Waals surface area contributed by atoms with E-state index in [4.69, 9.17) is 14.6 Å². The number of anilines is 1. The zero-order chi connectivity index (χ0) is 27.9. The third kappa shape index (κ3) is 5.88. The Kier molecular flexibility index (Phi) is 6.81. The van der Waals surface area contributed by atoms with Gasteiger partial charge in [0, 0.05) is 35.6 Å². The summed E-state index contributed by atoms with van der Waals surface area (Å²) in [7, 11) is 0. The molecular weight excluding hydrogens is 510 g/mol. The second-order valence-electron chi connectivity index (χ2n) is 11.9. The molecule has 2 amide bonds. The molecule has 1 aromatic carbocycles. The zero-order valence-corrected chi connectivity index (χ0v) is 23.1. The van der Waals surface area contributed by atoms with Crippen molar-refractivity contribution in [3.63, 3.8) is 0 Å². The van der Waals surface area contributed by atoms with Gasteiger partial charge in [-0.25, -0.2) is 14.3 Å². The molecule has 2 saturated carbocycles. The number of carbonyl (C=O) groups excluding carboxylic acids is 2. The maximum Gasteiger partial charge on any atom is 0.407 e. The summed E-state index contributed by atoms with van der Waals surface area (Å²) in [6.45, 7) is 6.23. The summed E-state index contributed by atoms with van der Waals surface area (Å²) in [5.41, 5.74) is 2.06. The fraction of sp³-hybridized carbons (Fsp3) is 0.483. The van der Waals surface area contributed by atoms with Crippen molar-refractivity contribution in [1.29, 1.82) is 0 Å². The van der Waals surface area contributed by atoms with Gasteiger partial charge < -0.3 is 20.1 Å². The Morgan fingerprint density at radius 3 is 2.65 bits per heavy atom. The number of hydrogen-bond donors (Lipinski definition) is 2. The van der Waals surface area contributed by atoms with E-state index >= 15 is 0 Å².